The molecule has 3 aromatic heterocycles. The number of anilines is 1. The van der Waals surface area contributed by atoms with Crippen molar-refractivity contribution in [2.24, 2.45) is 0 Å². The second kappa shape index (κ2) is 12.2. The predicted octanol–water partition coefficient (Wildman–Crippen LogP) is 1.13. The van der Waals surface area contributed by atoms with Crippen LogP contribution in [0.1, 0.15) is 18.9 Å². The number of nitrogens with zero attached hydrogens (tertiary/aromatic N) is 7. The largest absolute Gasteiger partial charge is 1.00 e. The third-order valence-electron chi connectivity index (χ3n) is 8.26. The Morgan fingerprint density at radius 1 is 1.18 bits per heavy atom. The van der Waals surface area contributed by atoms with E-state index in [9.17, 15) is 4.79 Å². The summed E-state index contributed by atoms with van der Waals surface area (Å²) < 4.78 is 35.8. The number of methoxy groups -OCH3 is 1. The number of hydrogen-bond acceptors (Lipinski definition) is 10. The van der Waals surface area contributed by atoms with E-state index in [1.54, 1.807) is 13.3 Å². The molecule has 15 heteroatoms. The Morgan fingerprint density at radius 2 is 1.93 bits per heavy atom. The van der Waals surface area contributed by atoms with Crippen molar-refractivity contribution in [2.75, 3.05) is 58.9 Å². The first-order chi connectivity index (χ1) is 21.2. The van der Waals surface area contributed by atoms with Crippen molar-refractivity contribution in [1.29, 1.82) is 0 Å². The number of quaternary nitrogens is 1. The highest BCUT2D eigenvalue weighted by Crippen LogP contribution is 2.42. The standard InChI is InChI=1S/C30H32FN8O4S.HI/c1-17-15-42-27-24-20(13-22(31)25(27)37-9-11-39(2,3)12-10-37)26(40)21(14-38(17)24)28-32-30(36-34-28)44-16-23-33-35-29(43-23)18-5-7-19(41-4)8-6-18;/h5-8,13-14,17H,9-12,15-16H2,1-4H3,(H,32,34,36);1H/q+1;/p-1/t17-;/m0./s1. The maximum atomic E-state index is 15.8. The smallest absolute Gasteiger partial charge is 0.247 e. The van der Waals surface area contributed by atoms with Crippen LogP contribution in [0.4, 0.5) is 10.1 Å². The molecule has 2 aromatic carbocycles. The van der Waals surface area contributed by atoms with Gasteiger partial charge in [0.2, 0.25) is 22.4 Å². The van der Waals surface area contributed by atoms with Crippen molar-refractivity contribution in [3.8, 4) is 34.3 Å². The van der Waals surface area contributed by atoms with Crippen molar-refractivity contribution in [1.82, 2.24) is 29.9 Å². The van der Waals surface area contributed by atoms with E-state index in [2.05, 4.69) is 39.5 Å². The van der Waals surface area contributed by atoms with E-state index in [4.69, 9.17) is 13.9 Å². The molecule has 5 heterocycles. The van der Waals surface area contributed by atoms with Gasteiger partial charge in [-0.15, -0.1) is 15.3 Å². The first-order valence-electron chi connectivity index (χ1n) is 14.3. The minimum Gasteiger partial charge on any atom is -1.00 e. The molecule has 7 rings (SSSR count). The quantitative estimate of drug-likeness (QED) is 0.147. The molecule has 0 amide bonds. The van der Waals surface area contributed by atoms with Crippen molar-refractivity contribution in [3.05, 3.63) is 58.5 Å². The summed E-state index contributed by atoms with van der Waals surface area (Å²) >= 11 is 1.29. The molecule has 0 radical (unpaired) electrons. The van der Waals surface area contributed by atoms with Gasteiger partial charge >= 0.3 is 0 Å². The van der Waals surface area contributed by atoms with Crippen LogP contribution in [-0.2, 0) is 5.75 Å². The van der Waals surface area contributed by atoms with Crippen LogP contribution in [0.3, 0.4) is 0 Å². The van der Waals surface area contributed by atoms with Gasteiger partial charge in [0.1, 0.15) is 18.0 Å². The summed E-state index contributed by atoms with van der Waals surface area (Å²) in [5, 5.41) is 16.1. The molecule has 45 heavy (non-hydrogen) atoms. The van der Waals surface area contributed by atoms with Crippen LogP contribution in [0.25, 0.3) is 33.7 Å². The Bertz CT molecular complexity index is 1920. The fourth-order valence-corrected chi connectivity index (χ4v) is 6.26. The van der Waals surface area contributed by atoms with Gasteiger partial charge in [-0.2, -0.15) is 0 Å². The Morgan fingerprint density at radius 3 is 2.67 bits per heavy atom. The summed E-state index contributed by atoms with van der Waals surface area (Å²) in [6.45, 7) is 5.55. The second-order valence-electron chi connectivity index (χ2n) is 11.7. The van der Waals surface area contributed by atoms with Gasteiger partial charge in [-0.1, -0.05) is 11.8 Å². The molecular weight excluding hydrogens is 714 g/mol. The fraction of sp³-hybridized carbons (Fsp3) is 0.367. The zero-order valence-corrected chi connectivity index (χ0v) is 28.2. The summed E-state index contributed by atoms with van der Waals surface area (Å²) in [6, 6.07) is 8.60. The lowest BCUT2D eigenvalue weighted by Crippen LogP contribution is -3.00. The van der Waals surface area contributed by atoms with Crippen molar-refractivity contribution < 1.29 is 46.7 Å². The van der Waals surface area contributed by atoms with Gasteiger partial charge in [-0.3, -0.25) is 9.89 Å². The Balaban J connectivity index is 0.00000357. The topological polar surface area (TPSA) is 124 Å². The lowest BCUT2D eigenvalue weighted by molar-refractivity contribution is -0.890. The van der Waals surface area contributed by atoms with Crippen LogP contribution in [0, 0.1) is 5.82 Å². The first kappa shape index (κ1) is 31.3. The number of benzene rings is 2. The molecule has 0 unspecified atom stereocenters. The highest BCUT2D eigenvalue weighted by molar-refractivity contribution is 7.98. The zero-order chi connectivity index (χ0) is 30.6. The van der Waals surface area contributed by atoms with Gasteiger partial charge in [-0.05, 0) is 37.3 Å². The lowest BCUT2D eigenvalue weighted by Gasteiger charge is -2.41. The van der Waals surface area contributed by atoms with Gasteiger partial charge in [0.05, 0.1) is 75.6 Å². The number of thioether (sulfide) groups is 1. The fourth-order valence-electron chi connectivity index (χ4n) is 5.62. The van der Waals surface area contributed by atoms with E-state index in [-0.39, 0.29) is 40.8 Å². The Hall–Kier alpha value is -3.70. The van der Waals surface area contributed by atoms with Crippen molar-refractivity contribution >= 4 is 28.4 Å². The molecule has 236 valence electrons. The van der Waals surface area contributed by atoms with Crippen LogP contribution in [0.15, 0.2) is 50.9 Å². The molecule has 0 saturated carbocycles. The Labute approximate surface area is 279 Å². The molecule has 1 fully saturated rings. The van der Waals surface area contributed by atoms with E-state index < -0.39 is 5.82 Å². The van der Waals surface area contributed by atoms with E-state index in [1.165, 1.54) is 17.8 Å². The van der Waals surface area contributed by atoms with Crippen LogP contribution in [-0.4, -0.2) is 88.4 Å². The van der Waals surface area contributed by atoms with Crippen LogP contribution >= 0.6 is 11.8 Å². The molecule has 0 spiro atoms. The number of likely N-dealkylation sites (N-methyl/N-ethyl adjacent to an activating group) is 1. The number of pyridine rings is 1. The number of nitrogens with one attached hydrogen (secondary N) is 1. The molecule has 0 bridgehead atoms. The van der Waals surface area contributed by atoms with E-state index in [0.29, 0.717) is 70.7 Å². The third-order valence-corrected chi connectivity index (χ3v) is 9.09. The minimum atomic E-state index is -0.461. The molecule has 0 aliphatic carbocycles. The molecule has 12 nitrogen and oxygen atoms in total. The predicted molar refractivity (Wildman–Crippen MR) is 164 cm³/mol. The molecule has 2 aliphatic rings. The lowest BCUT2D eigenvalue weighted by atomic mass is 10.0. The van der Waals surface area contributed by atoms with Crippen molar-refractivity contribution in [3.63, 3.8) is 0 Å². The van der Waals surface area contributed by atoms with E-state index in [0.717, 1.165) is 28.9 Å². The summed E-state index contributed by atoms with van der Waals surface area (Å²) in [6.07, 6.45) is 1.77. The summed E-state index contributed by atoms with van der Waals surface area (Å²) in [7, 11) is 5.96. The number of piperazine rings is 1. The number of halogens is 2. The number of ether oxygens (including phenoxy) is 2. The van der Waals surface area contributed by atoms with Gasteiger partial charge in [-0.25, -0.2) is 9.37 Å². The highest BCUT2D eigenvalue weighted by atomic mass is 127. The molecule has 5 aromatic rings. The molecule has 1 N–H and O–H groups in total. The molecule has 1 saturated heterocycles. The monoisotopic (exact) mass is 746 g/mol. The maximum Gasteiger partial charge on any atom is 0.247 e. The third kappa shape index (κ3) is 5.88. The summed E-state index contributed by atoms with van der Waals surface area (Å²) in [4.78, 5) is 20.4. The average molecular weight is 747 g/mol. The number of rotatable bonds is 7. The van der Waals surface area contributed by atoms with Crippen LogP contribution in [0.2, 0.25) is 0 Å². The number of H-pyrrole nitrogens is 1. The molecule has 1 atom stereocenters. The molecular formula is C30H32FIN8O4S. The number of hydrogen-bond donors (Lipinski definition) is 1. The summed E-state index contributed by atoms with van der Waals surface area (Å²) in [5.74, 6) is 2.14. The normalized spacial score (nSPS) is 17.2. The average Bonchev–Trinajstić information content (AvgIpc) is 3.69. The van der Waals surface area contributed by atoms with Gasteiger partial charge in [0.15, 0.2) is 17.4 Å². The van der Waals surface area contributed by atoms with E-state index >= 15 is 4.39 Å². The van der Waals surface area contributed by atoms with Gasteiger partial charge in [0, 0.05) is 11.8 Å². The zero-order valence-electron chi connectivity index (χ0n) is 25.2. The van der Waals surface area contributed by atoms with Gasteiger partial charge < -0.3 is 51.8 Å². The minimum absolute atomic E-state index is 0. The van der Waals surface area contributed by atoms with Gasteiger partial charge in [0.25, 0.3) is 0 Å². The molecule has 2 aliphatic heterocycles. The van der Waals surface area contributed by atoms with Crippen molar-refractivity contribution in [2.45, 2.75) is 23.9 Å². The number of aromatic amines is 1. The summed E-state index contributed by atoms with van der Waals surface area (Å²) in [5.41, 5.74) is 1.78. The second-order valence-corrected chi connectivity index (χ2v) is 12.7. The first-order valence-corrected chi connectivity index (χ1v) is 15.3. The number of aromatic nitrogens is 6. The maximum absolute atomic E-state index is 15.8. The highest BCUT2D eigenvalue weighted by Gasteiger charge is 2.33. The van der Waals surface area contributed by atoms with E-state index in [1.807, 2.05) is 40.7 Å². The van der Waals surface area contributed by atoms with Crippen LogP contribution < -0.4 is 43.8 Å². The SMILES string of the molecule is COc1ccc(-c2nnc(CSc3n[nH]c(-c4cn5c6c(c(N7CC[N+](C)(C)CC7)c(F)cc6c4=O)OC[C@@H]5C)n3)o2)cc1.[I-]. The van der Waals surface area contributed by atoms with Crippen LogP contribution in [0.5, 0.6) is 11.5 Å². The Kier molecular flexibility index (Phi) is 8.51.